The number of hydrogen-bond donors (Lipinski definition) is 1. The summed E-state index contributed by atoms with van der Waals surface area (Å²) >= 11 is 11.9. The summed E-state index contributed by atoms with van der Waals surface area (Å²) in [5.74, 6) is -2.48. The molecule has 0 bridgehead atoms. The highest BCUT2D eigenvalue weighted by molar-refractivity contribution is 9.10. The molecule has 5 rings (SSSR count). The van der Waals surface area contributed by atoms with Gasteiger partial charge in [0.15, 0.2) is 6.61 Å². The van der Waals surface area contributed by atoms with Crippen molar-refractivity contribution in [1.82, 2.24) is 4.98 Å². The fourth-order valence-electron chi connectivity index (χ4n) is 4.43. The van der Waals surface area contributed by atoms with Gasteiger partial charge in [-0.2, -0.15) is 0 Å². The Hall–Kier alpha value is -2.60. The minimum atomic E-state index is -0.812. The molecule has 3 aromatic rings. The number of thioether (sulfide) groups is 1. The lowest BCUT2D eigenvalue weighted by atomic mass is 9.82. The molecule has 2 aliphatic heterocycles. The lowest BCUT2D eigenvalue weighted by molar-refractivity contribution is -0.145. The van der Waals surface area contributed by atoms with Gasteiger partial charge in [0.05, 0.1) is 23.2 Å². The van der Waals surface area contributed by atoms with Crippen molar-refractivity contribution in [3.05, 3.63) is 72.1 Å². The number of hydrogen-bond acceptors (Lipinski definition) is 8. The van der Waals surface area contributed by atoms with E-state index in [0.29, 0.717) is 31.9 Å². The second-order valence-corrected chi connectivity index (χ2v) is 11.5. The molecule has 0 saturated carbocycles. The minimum absolute atomic E-state index is 0.211. The van der Waals surface area contributed by atoms with E-state index in [1.807, 2.05) is 0 Å². The molecular formula is C24H18BrClN2O6S2. The second-order valence-electron chi connectivity index (χ2n) is 8.01. The molecule has 1 saturated heterocycles. The Labute approximate surface area is 227 Å². The molecule has 8 nitrogen and oxygen atoms in total. The first-order valence-corrected chi connectivity index (χ1v) is 13.8. The molecule has 2 aromatic carbocycles. The Morgan fingerprint density at radius 1 is 1.14 bits per heavy atom. The van der Waals surface area contributed by atoms with Crippen LogP contribution in [-0.4, -0.2) is 41.2 Å². The molecular weight excluding hydrogens is 592 g/mol. The van der Waals surface area contributed by atoms with Crippen LogP contribution in [0.2, 0.25) is 5.02 Å². The van der Waals surface area contributed by atoms with Crippen molar-refractivity contribution in [3.63, 3.8) is 0 Å². The summed E-state index contributed by atoms with van der Waals surface area (Å²) in [6.45, 7) is 1.56. The predicted molar refractivity (Wildman–Crippen MR) is 140 cm³/mol. The smallest absolute Gasteiger partial charge is 0.344 e. The van der Waals surface area contributed by atoms with Crippen LogP contribution in [0.15, 0.2) is 56.8 Å². The van der Waals surface area contributed by atoms with E-state index in [-0.39, 0.29) is 29.9 Å². The fourth-order valence-corrected chi connectivity index (χ4v) is 7.38. The summed E-state index contributed by atoms with van der Waals surface area (Å²) in [5, 5.41) is 0.154. The molecule has 36 heavy (non-hydrogen) atoms. The fraction of sp³-hybridized carbons (Fsp3) is 0.250. The Morgan fingerprint density at radius 3 is 2.61 bits per heavy atom. The number of fused-ring (bicyclic) bond motifs is 2. The van der Waals surface area contributed by atoms with Crippen LogP contribution in [-0.2, 0) is 19.1 Å². The standard InChI is InChI=1S/C24H18BrClN2O6S2/c1-2-33-16(29)10-34-15-8-5-12(26)9-14(15)17-18-20(35-21-19(17)36-24(32)27-21)23(31)28(22(18)30)13-6-3-11(25)4-7-13/h3-9,17-18,20H,2,10H2,1H3,(H,27,32)/t17-,18-,20+/m0/s1. The van der Waals surface area contributed by atoms with E-state index in [2.05, 4.69) is 20.9 Å². The quantitative estimate of drug-likeness (QED) is 0.322. The van der Waals surface area contributed by atoms with Crippen molar-refractivity contribution >= 4 is 74.1 Å². The van der Waals surface area contributed by atoms with Crippen LogP contribution in [0.4, 0.5) is 5.69 Å². The van der Waals surface area contributed by atoms with Gasteiger partial charge in [0, 0.05) is 25.9 Å². The number of ether oxygens (including phenoxy) is 2. The molecule has 3 atom stereocenters. The topological polar surface area (TPSA) is 106 Å². The molecule has 0 aliphatic carbocycles. The number of thiazole rings is 1. The van der Waals surface area contributed by atoms with Gasteiger partial charge in [0.2, 0.25) is 11.8 Å². The van der Waals surface area contributed by atoms with Crippen molar-refractivity contribution < 1.29 is 23.9 Å². The third-order valence-electron chi connectivity index (χ3n) is 5.87. The van der Waals surface area contributed by atoms with E-state index in [4.69, 9.17) is 21.1 Å². The van der Waals surface area contributed by atoms with Crippen molar-refractivity contribution in [3.8, 4) is 5.75 Å². The van der Waals surface area contributed by atoms with Crippen molar-refractivity contribution in [2.24, 2.45) is 5.92 Å². The number of aromatic amines is 1. The Balaban J connectivity index is 1.61. The molecule has 1 N–H and O–H groups in total. The van der Waals surface area contributed by atoms with Gasteiger partial charge < -0.3 is 14.5 Å². The number of imide groups is 1. The third kappa shape index (κ3) is 4.49. The number of benzene rings is 2. The summed E-state index contributed by atoms with van der Waals surface area (Å²) in [5.41, 5.74) is 0.973. The highest BCUT2D eigenvalue weighted by Gasteiger charge is 2.56. The highest BCUT2D eigenvalue weighted by atomic mass is 79.9. The summed E-state index contributed by atoms with van der Waals surface area (Å²) in [4.78, 5) is 55.9. The molecule has 2 amide bonds. The Kier molecular flexibility index (Phi) is 6.99. The molecule has 3 heterocycles. The van der Waals surface area contributed by atoms with Crippen molar-refractivity contribution in [2.45, 2.75) is 23.1 Å². The number of nitrogens with one attached hydrogen (secondary N) is 1. The van der Waals surface area contributed by atoms with E-state index < -0.39 is 23.1 Å². The summed E-state index contributed by atoms with van der Waals surface area (Å²) in [6.07, 6.45) is 0. The number of carbonyl (C=O) groups is 3. The van der Waals surface area contributed by atoms with Crippen LogP contribution in [0.3, 0.4) is 0 Å². The molecule has 0 radical (unpaired) electrons. The Bertz CT molecular complexity index is 1420. The number of carbonyl (C=O) groups excluding carboxylic acids is 3. The normalized spacial score (nSPS) is 20.8. The Morgan fingerprint density at radius 2 is 1.89 bits per heavy atom. The molecule has 1 aromatic heterocycles. The lowest BCUT2D eigenvalue weighted by Gasteiger charge is -2.31. The first-order valence-electron chi connectivity index (χ1n) is 10.9. The average molecular weight is 610 g/mol. The number of esters is 1. The summed E-state index contributed by atoms with van der Waals surface area (Å²) in [6, 6.07) is 11.8. The van der Waals surface area contributed by atoms with Crippen molar-refractivity contribution in [2.75, 3.05) is 18.1 Å². The van der Waals surface area contributed by atoms with Crippen LogP contribution in [0.1, 0.15) is 23.3 Å². The zero-order valence-electron chi connectivity index (χ0n) is 18.7. The summed E-state index contributed by atoms with van der Waals surface area (Å²) < 4.78 is 11.6. The molecule has 0 spiro atoms. The number of rotatable bonds is 6. The monoisotopic (exact) mass is 608 g/mol. The zero-order valence-corrected chi connectivity index (χ0v) is 22.6. The van der Waals surface area contributed by atoms with Gasteiger partial charge in [-0.3, -0.25) is 14.4 Å². The van der Waals surface area contributed by atoms with Crippen LogP contribution in [0, 0.1) is 5.92 Å². The van der Waals surface area contributed by atoms with E-state index in [1.54, 1.807) is 49.4 Å². The van der Waals surface area contributed by atoms with Gasteiger partial charge in [0.1, 0.15) is 11.0 Å². The maximum atomic E-state index is 13.8. The second kappa shape index (κ2) is 10.0. The minimum Gasteiger partial charge on any atom is -0.482 e. The van der Waals surface area contributed by atoms with E-state index >= 15 is 0 Å². The largest absolute Gasteiger partial charge is 0.482 e. The average Bonchev–Trinajstić information content (AvgIpc) is 3.33. The maximum absolute atomic E-state index is 13.8. The maximum Gasteiger partial charge on any atom is 0.344 e. The van der Waals surface area contributed by atoms with E-state index in [1.165, 1.54) is 16.7 Å². The predicted octanol–water partition coefficient (Wildman–Crippen LogP) is 4.59. The molecule has 2 aliphatic rings. The summed E-state index contributed by atoms with van der Waals surface area (Å²) in [7, 11) is 0. The van der Waals surface area contributed by atoms with E-state index in [9.17, 15) is 19.2 Å². The third-order valence-corrected chi connectivity index (χ3v) is 9.03. The van der Waals surface area contributed by atoms with Gasteiger partial charge in [-0.1, -0.05) is 50.6 Å². The van der Waals surface area contributed by atoms with E-state index in [0.717, 1.165) is 15.8 Å². The molecule has 186 valence electrons. The molecule has 0 unspecified atom stereocenters. The molecule has 1 fully saturated rings. The lowest BCUT2D eigenvalue weighted by Crippen LogP contribution is -2.32. The highest BCUT2D eigenvalue weighted by Crippen LogP contribution is 2.54. The van der Waals surface area contributed by atoms with Crippen LogP contribution < -0.4 is 14.5 Å². The van der Waals surface area contributed by atoms with Crippen LogP contribution in [0.25, 0.3) is 0 Å². The zero-order chi connectivity index (χ0) is 25.6. The van der Waals surface area contributed by atoms with Gasteiger partial charge in [-0.15, -0.1) is 0 Å². The van der Waals surface area contributed by atoms with Gasteiger partial charge in [0.25, 0.3) is 0 Å². The number of amides is 2. The number of anilines is 1. The molecule has 12 heteroatoms. The SMILES string of the molecule is CCOC(=O)COc1ccc(Cl)cc1[C@@H]1c2sc(=O)[nH]c2S[C@H]2C(=O)N(c3ccc(Br)cc3)C(=O)[C@@H]12. The van der Waals surface area contributed by atoms with Gasteiger partial charge in [-0.05, 0) is 49.4 Å². The van der Waals surface area contributed by atoms with Crippen molar-refractivity contribution in [1.29, 1.82) is 0 Å². The number of aromatic nitrogens is 1. The number of halogens is 2. The van der Waals surface area contributed by atoms with Crippen LogP contribution in [0.5, 0.6) is 5.75 Å². The first kappa shape index (κ1) is 25.1. The number of H-pyrrole nitrogens is 1. The van der Waals surface area contributed by atoms with Gasteiger partial charge >= 0.3 is 10.8 Å². The number of nitrogens with zero attached hydrogens (tertiary/aromatic N) is 1. The van der Waals surface area contributed by atoms with Crippen LogP contribution >= 0.6 is 50.6 Å². The first-order chi connectivity index (χ1) is 17.3. The van der Waals surface area contributed by atoms with Gasteiger partial charge in [-0.25, -0.2) is 9.69 Å².